The van der Waals surface area contributed by atoms with Gasteiger partial charge in [-0.3, -0.25) is 9.59 Å². The quantitative estimate of drug-likeness (QED) is 0.669. The summed E-state index contributed by atoms with van der Waals surface area (Å²) in [6.07, 6.45) is 1.22. The highest BCUT2D eigenvalue weighted by atomic mass is 35.5. The predicted molar refractivity (Wildman–Crippen MR) is 99.3 cm³/mol. The second-order valence-corrected chi connectivity index (χ2v) is 7.28. The highest BCUT2D eigenvalue weighted by Crippen LogP contribution is 2.21. The molecule has 0 fully saturated rings. The van der Waals surface area contributed by atoms with Gasteiger partial charge < -0.3 is 16.4 Å². The van der Waals surface area contributed by atoms with E-state index in [4.69, 9.17) is 17.3 Å². The molecule has 1 aromatic rings. The number of carbonyl (C=O) groups excluding carboxylic acids is 2. The summed E-state index contributed by atoms with van der Waals surface area (Å²) in [4.78, 5) is 24.3. The molecule has 0 saturated heterocycles. The van der Waals surface area contributed by atoms with Crippen molar-refractivity contribution >= 4 is 29.1 Å². The van der Waals surface area contributed by atoms with Gasteiger partial charge in [0.05, 0.1) is 10.6 Å². The first-order chi connectivity index (χ1) is 11.2. The molecule has 1 aromatic carbocycles. The lowest BCUT2D eigenvalue weighted by atomic mass is 10.0. The van der Waals surface area contributed by atoms with Crippen LogP contribution in [0.3, 0.4) is 0 Å². The summed E-state index contributed by atoms with van der Waals surface area (Å²) in [6, 6.07) is 4.79. The van der Waals surface area contributed by atoms with E-state index in [1.165, 1.54) is 0 Å². The van der Waals surface area contributed by atoms with Crippen LogP contribution in [-0.4, -0.2) is 24.4 Å². The van der Waals surface area contributed by atoms with Crippen molar-refractivity contribution in [2.75, 3.05) is 11.9 Å². The number of rotatable bonds is 8. The Hall–Kier alpha value is -1.59. The third kappa shape index (κ3) is 6.89. The van der Waals surface area contributed by atoms with Crippen molar-refractivity contribution in [3.05, 3.63) is 28.8 Å². The third-order valence-electron chi connectivity index (χ3n) is 3.46. The fraction of sp³-hybridized carbons (Fsp3) is 0.556. The van der Waals surface area contributed by atoms with Crippen LogP contribution < -0.4 is 16.4 Å². The summed E-state index contributed by atoms with van der Waals surface area (Å²) in [7, 11) is 0. The number of hydrogen-bond acceptors (Lipinski definition) is 3. The molecular formula is C18H28ClN3O2. The van der Waals surface area contributed by atoms with Crippen LogP contribution in [0.4, 0.5) is 5.69 Å². The maximum Gasteiger partial charge on any atom is 0.253 e. The molecule has 0 aliphatic rings. The normalized spacial score (nSPS) is 12.3. The number of carbonyl (C=O) groups is 2. The fourth-order valence-electron chi connectivity index (χ4n) is 2.41. The average molecular weight is 354 g/mol. The number of nitrogens with two attached hydrogens (primary N) is 1. The number of halogens is 1. The molecule has 0 aliphatic carbocycles. The number of benzene rings is 1. The summed E-state index contributed by atoms with van der Waals surface area (Å²) in [5.74, 6) is 0.326. The Kier molecular flexibility index (Phi) is 8.22. The summed E-state index contributed by atoms with van der Waals surface area (Å²) in [5.41, 5.74) is 6.62. The Morgan fingerprint density at radius 1 is 1.17 bits per heavy atom. The molecule has 0 spiro atoms. The Balaban J connectivity index is 2.84. The zero-order valence-corrected chi connectivity index (χ0v) is 15.6. The van der Waals surface area contributed by atoms with Gasteiger partial charge in [-0.2, -0.15) is 0 Å². The standard InChI is InChI=1S/C18H28ClN3O2/c1-11(2)7-14(10-20)22-18(24)15-9-13(5-6-16(15)19)21-17(23)8-12(3)4/h5-6,9,11-12,14H,7-8,10,20H2,1-4H3,(H,21,23)(H,22,24). The second-order valence-electron chi connectivity index (χ2n) is 6.88. The van der Waals surface area contributed by atoms with Crippen LogP contribution in [0.1, 0.15) is 50.9 Å². The number of amides is 2. The van der Waals surface area contributed by atoms with Crippen molar-refractivity contribution in [3.63, 3.8) is 0 Å². The summed E-state index contributed by atoms with van der Waals surface area (Å²) < 4.78 is 0. The van der Waals surface area contributed by atoms with Crippen molar-refractivity contribution in [1.29, 1.82) is 0 Å². The van der Waals surface area contributed by atoms with E-state index in [2.05, 4.69) is 24.5 Å². The number of hydrogen-bond donors (Lipinski definition) is 3. The van der Waals surface area contributed by atoms with Gasteiger partial charge in [0.1, 0.15) is 0 Å². The molecule has 5 nitrogen and oxygen atoms in total. The first kappa shape index (κ1) is 20.5. The van der Waals surface area contributed by atoms with Crippen LogP contribution in [0.2, 0.25) is 5.02 Å². The second kappa shape index (κ2) is 9.64. The summed E-state index contributed by atoms with van der Waals surface area (Å²) >= 11 is 6.14. The maximum atomic E-state index is 12.5. The molecular weight excluding hydrogens is 326 g/mol. The minimum absolute atomic E-state index is 0.0849. The maximum absolute atomic E-state index is 12.5. The molecule has 0 aromatic heterocycles. The van der Waals surface area contributed by atoms with Gasteiger partial charge in [-0.1, -0.05) is 39.3 Å². The molecule has 4 N–H and O–H groups in total. The summed E-state index contributed by atoms with van der Waals surface area (Å²) in [5, 5.41) is 6.04. The van der Waals surface area contributed by atoms with Gasteiger partial charge in [0.25, 0.3) is 5.91 Å². The van der Waals surface area contributed by atoms with Gasteiger partial charge in [0.2, 0.25) is 5.91 Å². The van der Waals surface area contributed by atoms with E-state index in [-0.39, 0.29) is 23.8 Å². The summed E-state index contributed by atoms with van der Waals surface area (Å²) in [6.45, 7) is 8.47. The Morgan fingerprint density at radius 3 is 2.38 bits per heavy atom. The first-order valence-electron chi connectivity index (χ1n) is 8.33. The van der Waals surface area contributed by atoms with Crippen molar-refractivity contribution < 1.29 is 9.59 Å². The van der Waals surface area contributed by atoms with Crippen LogP contribution in [0.15, 0.2) is 18.2 Å². The molecule has 134 valence electrons. The molecule has 0 aliphatic heterocycles. The molecule has 0 radical (unpaired) electrons. The molecule has 6 heteroatoms. The van der Waals surface area contributed by atoms with E-state index in [9.17, 15) is 9.59 Å². The highest BCUT2D eigenvalue weighted by molar-refractivity contribution is 6.34. The van der Waals surface area contributed by atoms with E-state index >= 15 is 0 Å². The monoisotopic (exact) mass is 353 g/mol. The SMILES string of the molecule is CC(C)CC(=O)Nc1ccc(Cl)c(C(=O)NC(CN)CC(C)C)c1. The topological polar surface area (TPSA) is 84.2 Å². The number of anilines is 1. The van der Waals surface area contributed by atoms with Crippen molar-refractivity contribution in [2.45, 2.75) is 46.6 Å². The van der Waals surface area contributed by atoms with Crippen molar-refractivity contribution in [1.82, 2.24) is 5.32 Å². The van der Waals surface area contributed by atoms with Gasteiger partial charge in [-0.15, -0.1) is 0 Å². The van der Waals surface area contributed by atoms with E-state index in [0.717, 1.165) is 6.42 Å². The highest BCUT2D eigenvalue weighted by Gasteiger charge is 2.17. The van der Waals surface area contributed by atoms with E-state index < -0.39 is 0 Å². The Labute approximate surface area is 149 Å². The molecule has 1 atom stereocenters. The van der Waals surface area contributed by atoms with Crippen LogP contribution >= 0.6 is 11.6 Å². The molecule has 0 bridgehead atoms. The molecule has 1 unspecified atom stereocenters. The van der Waals surface area contributed by atoms with E-state index in [0.29, 0.717) is 35.2 Å². The Morgan fingerprint density at radius 2 is 1.83 bits per heavy atom. The van der Waals surface area contributed by atoms with Gasteiger partial charge in [-0.25, -0.2) is 0 Å². The average Bonchev–Trinajstić information content (AvgIpc) is 2.47. The molecule has 24 heavy (non-hydrogen) atoms. The van der Waals surface area contributed by atoms with Crippen molar-refractivity contribution in [3.8, 4) is 0 Å². The molecule has 2 amide bonds. The van der Waals surface area contributed by atoms with Gasteiger partial charge in [0, 0.05) is 24.7 Å². The minimum Gasteiger partial charge on any atom is -0.348 e. The molecule has 1 rings (SSSR count). The van der Waals surface area contributed by atoms with Gasteiger partial charge in [0.15, 0.2) is 0 Å². The predicted octanol–water partition coefficient (Wildman–Crippen LogP) is 3.43. The molecule has 0 heterocycles. The molecule has 0 saturated carbocycles. The van der Waals surface area contributed by atoms with E-state index in [1.807, 2.05) is 13.8 Å². The zero-order chi connectivity index (χ0) is 18.3. The van der Waals surface area contributed by atoms with Gasteiger partial charge >= 0.3 is 0 Å². The van der Waals surface area contributed by atoms with Crippen LogP contribution in [0.5, 0.6) is 0 Å². The van der Waals surface area contributed by atoms with Gasteiger partial charge in [-0.05, 0) is 36.5 Å². The van der Waals surface area contributed by atoms with Crippen LogP contribution in [0.25, 0.3) is 0 Å². The zero-order valence-electron chi connectivity index (χ0n) is 14.9. The lowest BCUT2D eigenvalue weighted by Gasteiger charge is -2.19. The Bertz CT molecular complexity index is 573. The third-order valence-corrected chi connectivity index (χ3v) is 3.79. The fourth-order valence-corrected chi connectivity index (χ4v) is 2.61. The first-order valence-corrected chi connectivity index (χ1v) is 8.71. The largest absolute Gasteiger partial charge is 0.348 e. The van der Waals surface area contributed by atoms with Crippen molar-refractivity contribution in [2.24, 2.45) is 17.6 Å². The lowest BCUT2D eigenvalue weighted by molar-refractivity contribution is -0.116. The number of nitrogens with one attached hydrogen (secondary N) is 2. The van der Waals surface area contributed by atoms with E-state index in [1.54, 1.807) is 18.2 Å². The van der Waals surface area contributed by atoms with Crippen LogP contribution in [0, 0.1) is 11.8 Å². The smallest absolute Gasteiger partial charge is 0.253 e. The minimum atomic E-state index is -0.281. The lowest BCUT2D eigenvalue weighted by Crippen LogP contribution is -2.41. The van der Waals surface area contributed by atoms with Crippen LogP contribution in [-0.2, 0) is 4.79 Å².